The molecule has 0 aliphatic heterocycles. The molecular formula is C11H23N3O2. The van der Waals surface area contributed by atoms with Gasteiger partial charge in [-0.2, -0.15) is 0 Å². The van der Waals surface area contributed by atoms with Crippen molar-refractivity contribution in [3.63, 3.8) is 0 Å². The second-order valence-electron chi connectivity index (χ2n) is 4.20. The molecule has 0 aromatic heterocycles. The van der Waals surface area contributed by atoms with Crippen LogP contribution in [0.25, 0.3) is 0 Å². The van der Waals surface area contributed by atoms with Crippen LogP contribution in [0, 0.1) is 5.92 Å². The summed E-state index contributed by atoms with van der Waals surface area (Å²) in [5.74, 6) is 0.276. The van der Waals surface area contributed by atoms with E-state index in [0.29, 0.717) is 25.4 Å². The van der Waals surface area contributed by atoms with Gasteiger partial charge in [0.25, 0.3) is 0 Å². The maximum Gasteiger partial charge on any atom is 0.239 e. The van der Waals surface area contributed by atoms with E-state index < -0.39 is 0 Å². The number of nitrogens with two attached hydrogens (primary N) is 1. The summed E-state index contributed by atoms with van der Waals surface area (Å²) in [7, 11) is 0. The van der Waals surface area contributed by atoms with Gasteiger partial charge >= 0.3 is 0 Å². The standard InChI is InChI=1S/C11H23N3O2/c1-9(2)4-5-10(15)14-8-11(16)13-7-3-6-12/h9H,3-8,12H2,1-2H3,(H,13,16)(H,14,15). The highest BCUT2D eigenvalue weighted by Gasteiger charge is 2.05. The van der Waals surface area contributed by atoms with E-state index in [-0.39, 0.29) is 18.4 Å². The van der Waals surface area contributed by atoms with Crippen molar-refractivity contribution in [1.82, 2.24) is 10.6 Å². The predicted molar refractivity (Wildman–Crippen MR) is 63.8 cm³/mol. The number of carbonyl (C=O) groups excluding carboxylic acids is 2. The van der Waals surface area contributed by atoms with E-state index in [4.69, 9.17) is 5.73 Å². The van der Waals surface area contributed by atoms with Crippen LogP contribution in [0.1, 0.15) is 33.1 Å². The summed E-state index contributed by atoms with van der Waals surface area (Å²) in [6.07, 6.45) is 2.08. The largest absolute Gasteiger partial charge is 0.355 e. The molecule has 0 aromatic carbocycles. The molecule has 5 nitrogen and oxygen atoms in total. The highest BCUT2D eigenvalue weighted by atomic mass is 16.2. The van der Waals surface area contributed by atoms with Gasteiger partial charge in [0.2, 0.25) is 11.8 Å². The molecule has 0 unspecified atom stereocenters. The number of carbonyl (C=O) groups is 2. The molecule has 0 saturated heterocycles. The Morgan fingerprint density at radius 2 is 1.88 bits per heavy atom. The minimum absolute atomic E-state index is 0.0570. The van der Waals surface area contributed by atoms with Gasteiger partial charge in [0.1, 0.15) is 0 Å². The number of rotatable bonds is 8. The molecule has 0 heterocycles. The number of hydrogen-bond acceptors (Lipinski definition) is 3. The molecule has 0 radical (unpaired) electrons. The molecule has 0 spiro atoms. The summed E-state index contributed by atoms with van der Waals surface area (Å²) in [6.45, 7) is 5.30. The Morgan fingerprint density at radius 1 is 1.19 bits per heavy atom. The van der Waals surface area contributed by atoms with E-state index in [2.05, 4.69) is 24.5 Å². The van der Waals surface area contributed by atoms with Gasteiger partial charge in [-0.3, -0.25) is 9.59 Å². The topological polar surface area (TPSA) is 84.2 Å². The lowest BCUT2D eigenvalue weighted by atomic mass is 10.1. The molecule has 0 aliphatic rings. The lowest BCUT2D eigenvalue weighted by Crippen LogP contribution is -2.37. The van der Waals surface area contributed by atoms with E-state index in [1.54, 1.807) is 0 Å². The summed E-state index contributed by atoms with van der Waals surface area (Å²) in [4.78, 5) is 22.5. The average Bonchev–Trinajstić information content (AvgIpc) is 2.24. The zero-order valence-electron chi connectivity index (χ0n) is 10.2. The monoisotopic (exact) mass is 229 g/mol. The first-order chi connectivity index (χ1) is 7.56. The third-order valence-corrected chi connectivity index (χ3v) is 2.10. The van der Waals surface area contributed by atoms with Crippen molar-refractivity contribution in [2.24, 2.45) is 11.7 Å². The van der Waals surface area contributed by atoms with E-state index in [1.807, 2.05) is 0 Å². The molecule has 94 valence electrons. The molecule has 5 heteroatoms. The highest BCUT2D eigenvalue weighted by Crippen LogP contribution is 2.02. The van der Waals surface area contributed by atoms with Crippen molar-refractivity contribution in [1.29, 1.82) is 0 Å². The molecule has 0 saturated carbocycles. The molecule has 0 fully saturated rings. The van der Waals surface area contributed by atoms with Crippen LogP contribution in [-0.4, -0.2) is 31.4 Å². The first kappa shape index (κ1) is 14.9. The third-order valence-electron chi connectivity index (χ3n) is 2.10. The second kappa shape index (κ2) is 9.15. The van der Waals surface area contributed by atoms with Crippen molar-refractivity contribution in [2.45, 2.75) is 33.1 Å². The van der Waals surface area contributed by atoms with Crippen LogP contribution in [0.3, 0.4) is 0 Å². The van der Waals surface area contributed by atoms with Gasteiger partial charge in [-0.25, -0.2) is 0 Å². The van der Waals surface area contributed by atoms with E-state index >= 15 is 0 Å². The van der Waals surface area contributed by atoms with Gasteiger partial charge in [-0.1, -0.05) is 13.8 Å². The predicted octanol–water partition coefficient (Wildman–Crippen LogP) is 0.00380. The summed E-state index contributed by atoms with van der Waals surface area (Å²) < 4.78 is 0. The minimum Gasteiger partial charge on any atom is -0.355 e. The van der Waals surface area contributed by atoms with E-state index in [9.17, 15) is 9.59 Å². The molecule has 0 aliphatic carbocycles. The zero-order valence-corrected chi connectivity index (χ0v) is 10.2. The fraction of sp³-hybridized carbons (Fsp3) is 0.818. The summed E-state index contributed by atoms with van der Waals surface area (Å²) in [5, 5.41) is 5.25. The summed E-state index contributed by atoms with van der Waals surface area (Å²) >= 11 is 0. The Balaban J connectivity index is 3.47. The third kappa shape index (κ3) is 9.45. The van der Waals surface area contributed by atoms with Gasteiger partial charge in [0, 0.05) is 13.0 Å². The van der Waals surface area contributed by atoms with Crippen LogP contribution in [0.2, 0.25) is 0 Å². The van der Waals surface area contributed by atoms with Gasteiger partial charge in [0.15, 0.2) is 0 Å². The van der Waals surface area contributed by atoms with Crippen molar-refractivity contribution in [3.8, 4) is 0 Å². The molecule has 0 atom stereocenters. The first-order valence-corrected chi connectivity index (χ1v) is 5.79. The Hall–Kier alpha value is -1.10. The maximum atomic E-state index is 11.3. The molecular weight excluding hydrogens is 206 g/mol. The second-order valence-corrected chi connectivity index (χ2v) is 4.20. The van der Waals surface area contributed by atoms with Crippen molar-refractivity contribution < 1.29 is 9.59 Å². The van der Waals surface area contributed by atoms with E-state index in [0.717, 1.165) is 12.8 Å². The Bertz CT molecular complexity index is 217. The van der Waals surface area contributed by atoms with Crippen LogP contribution in [0.5, 0.6) is 0 Å². The molecule has 2 amide bonds. The Labute approximate surface area is 97.2 Å². The fourth-order valence-corrected chi connectivity index (χ4v) is 1.08. The summed E-state index contributed by atoms with van der Waals surface area (Å²) in [5.41, 5.74) is 5.28. The molecule has 0 bridgehead atoms. The van der Waals surface area contributed by atoms with Gasteiger partial charge in [-0.15, -0.1) is 0 Å². The minimum atomic E-state index is -0.161. The first-order valence-electron chi connectivity index (χ1n) is 5.79. The number of nitrogens with one attached hydrogen (secondary N) is 2. The van der Waals surface area contributed by atoms with Gasteiger partial charge in [0.05, 0.1) is 6.54 Å². The van der Waals surface area contributed by atoms with Crippen molar-refractivity contribution in [3.05, 3.63) is 0 Å². The lowest BCUT2D eigenvalue weighted by molar-refractivity contribution is -0.126. The quantitative estimate of drug-likeness (QED) is 0.512. The van der Waals surface area contributed by atoms with Crippen LogP contribution in [0.4, 0.5) is 0 Å². The molecule has 4 N–H and O–H groups in total. The van der Waals surface area contributed by atoms with Gasteiger partial charge in [-0.05, 0) is 25.3 Å². The van der Waals surface area contributed by atoms with Crippen LogP contribution in [0.15, 0.2) is 0 Å². The smallest absolute Gasteiger partial charge is 0.239 e. The average molecular weight is 229 g/mol. The number of amides is 2. The van der Waals surface area contributed by atoms with Crippen LogP contribution < -0.4 is 16.4 Å². The van der Waals surface area contributed by atoms with Gasteiger partial charge < -0.3 is 16.4 Å². The highest BCUT2D eigenvalue weighted by molar-refractivity contribution is 5.84. The zero-order chi connectivity index (χ0) is 12.4. The van der Waals surface area contributed by atoms with Crippen molar-refractivity contribution >= 4 is 11.8 Å². The maximum absolute atomic E-state index is 11.3. The molecule has 0 rings (SSSR count). The Morgan fingerprint density at radius 3 is 2.44 bits per heavy atom. The lowest BCUT2D eigenvalue weighted by Gasteiger charge is -2.07. The van der Waals surface area contributed by atoms with Crippen molar-refractivity contribution in [2.75, 3.05) is 19.6 Å². The summed E-state index contributed by atoms with van der Waals surface area (Å²) in [6, 6.07) is 0. The Kier molecular flexibility index (Phi) is 8.52. The van der Waals surface area contributed by atoms with E-state index in [1.165, 1.54) is 0 Å². The normalized spacial score (nSPS) is 10.2. The number of hydrogen-bond donors (Lipinski definition) is 3. The molecule has 0 aromatic rings. The SMILES string of the molecule is CC(C)CCC(=O)NCC(=O)NCCCN. The van der Waals surface area contributed by atoms with Crippen LogP contribution >= 0.6 is 0 Å². The van der Waals surface area contributed by atoms with Crippen LogP contribution in [-0.2, 0) is 9.59 Å². The molecule has 16 heavy (non-hydrogen) atoms. The fourth-order valence-electron chi connectivity index (χ4n) is 1.08.